The summed E-state index contributed by atoms with van der Waals surface area (Å²) < 4.78 is 5.94. The maximum atomic E-state index is 12.2. The van der Waals surface area contributed by atoms with Crippen LogP contribution in [0, 0.1) is 0 Å². The highest BCUT2D eigenvalue weighted by Crippen LogP contribution is 2.25. The molecule has 0 bridgehead atoms. The van der Waals surface area contributed by atoms with Gasteiger partial charge in [-0.2, -0.15) is 0 Å². The monoisotopic (exact) mass is 354 g/mol. The summed E-state index contributed by atoms with van der Waals surface area (Å²) in [6.45, 7) is 0. The van der Waals surface area contributed by atoms with Crippen LogP contribution in [0.15, 0.2) is 40.9 Å². The van der Waals surface area contributed by atoms with Gasteiger partial charge < -0.3 is 15.8 Å². The number of amides is 1. The summed E-state index contributed by atoms with van der Waals surface area (Å²) in [5.74, 6) is 0.332. The molecule has 3 N–H and O–H groups in total. The smallest absolute Gasteiger partial charge is 0.257 e. The van der Waals surface area contributed by atoms with Crippen molar-refractivity contribution in [2.45, 2.75) is 0 Å². The summed E-state index contributed by atoms with van der Waals surface area (Å²) >= 11 is 9.16. The molecule has 4 nitrogen and oxygen atoms in total. The van der Waals surface area contributed by atoms with E-state index in [0.717, 1.165) is 4.47 Å². The second-order valence-electron chi connectivity index (χ2n) is 4.07. The maximum absolute atomic E-state index is 12.2. The van der Waals surface area contributed by atoms with Gasteiger partial charge in [-0.25, -0.2) is 0 Å². The average Bonchev–Trinajstić information content (AvgIpc) is 2.37. The molecule has 2 aromatic carbocycles. The van der Waals surface area contributed by atoms with Crippen LogP contribution >= 0.6 is 27.5 Å². The highest BCUT2D eigenvalue weighted by atomic mass is 79.9. The van der Waals surface area contributed by atoms with Crippen LogP contribution in [0.3, 0.4) is 0 Å². The number of nitrogens with two attached hydrogens (primary N) is 1. The molecule has 6 heteroatoms. The third-order valence-electron chi connectivity index (χ3n) is 2.62. The Kier molecular flexibility index (Phi) is 4.52. The number of carbonyl (C=O) groups excluding carboxylic acids is 1. The third kappa shape index (κ3) is 3.43. The maximum Gasteiger partial charge on any atom is 0.257 e. The number of benzene rings is 2. The average molecular weight is 356 g/mol. The lowest BCUT2D eigenvalue weighted by Crippen LogP contribution is -2.14. The standard InChI is InChI=1S/C14H12BrClN2O2/c1-20-11-5-8(15)4-10(7-11)18-14(19)12-3-2-9(16)6-13(12)17/h2-7H,17H2,1H3,(H,18,19). The zero-order chi connectivity index (χ0) is 14.7. The van der Waals surface area contributed by atoms with E-state index < -0.39 is 0 Å². The van der Waals surface area contributed by atoms with Gasteiger partial charge in [-0.3, -0.25) is 4.79 Å². The Morgan fingerprint density at radius 1 is 1.30 bits per heavy atom. The first kappa shape index (κ1) is 14.7. The molecule has 0 aliphatic rings. The molecule has 0 saturated carbocycles. The molecule has 0 radical (unpaired) electrons. The molecule has 0 unspecified atom stereocenters. The normalized spacial score (nSPS) is 10.2. The van der Waals surface area contributed by atoms with E-state index in [1.807, 2.05) is 0 Å². The molecule has 104 valence electrons. The van der Waals surface area contributed by atoms with Crippen molar-refractivity contribution in [3.63, 3.8) is 0 Å². The summed E-state index contributed by atoms with van der Waals surface area (Å²) in [4.78, 5) is 12.2. The fraction of sp³-hybridized carbons (Fsp3) is 0.0714. The molecule has 2 rings (SSSR count). The van der Waals surface area contributed by atoms with Crippen LogP contribution in [-0.2, 0) is 0 Å². The van der Waals surface area contributed by atoms with E-state index in [4.69, 9.17) is 22.1 Å². The van der Waals surface area contributed by atoms with E-state index in [9.17, 15) is 4.79 Å². The minimum absolute atomic E-state index is 0.306. The Labute approximate surface area is 130 Å². The lowest BCUT2D eigenvalue weighted by molar-refractivity contribution is 0.102. The van der Waals surface area contributed by atoms with Crippen LogP contribution in [0.1, 0.15) is 10.4 Å². The van der Waals surface area contributed by atoms with Crippen molar-refractivity contribution in [3.8, 4) is 5.75 Å². The van der Waals surface area contributed by atoms with Gasteiger partial charge in [0.1, 0.15) is 5.75 Å². The predicted octanol–water partition coefficient (Wildman–Crippen LogP) is 3.95. The summed E-state index contributed by atoms with van der Waals surface area (Å²) in [6.07, 6.45) is 0. The molecule has 0 heterocycles. The van der Waals surface area contributed by atoms with Gasteiger partial charge in [0.15, 0.2) is 0 Å². The molecule has 0 saturated heterocycles. The molecule has 0 aliphatic carbocycles. The molecule has 0 atom stereocenters. The summed E-state index contributed by atoms with van der Waals surface area (Å²) in [7, 11) is 1.56. The molecular formula is C14H12BrClN2O2. The van der Waals surface area contributed by atoms with Gasteiger partial charge in [0.2, 0.25) is 0 Å². The number of rotatable bonds is 3. The first-order valence-electron chi connectivity index (χ1n) is 5.70. The van der Waals surface area contributed by atoms with Crippen molar-refractivity contribution < 1.29 is 9.53 Å². The van der Waals surface area contributed by atoms with Crippen LogP contribution in [0.5, 0.6) is 5.75 Å². The van der Waals surface area contributed by atoms with Gasteiger partial charge in [0, 0.05) is 26.9 Å². The van der Waals surface area contributed by atoms with E-state index in [1.165, 1.54) is 6.07 Å². The van der Waals surface area contributed by atoms with Crippen LogP contribution in [0.2, 0.25) is 5.02 Å². The van der Waals surface area contributed by atoms with Crippen LogP contribution in [0.25, 0.3) is 0 Å². The Morgan fingerprint density at radius 2 is 2.05 bits per heavy atom. The summed E-state index contributed by atoms with van der Waals surface area (Å²) in [5, 5.41) is 3.25. The first-order chi connectivity index (χ1) is 9.49. The van der Waals surface area contributed by atoms with Crippen molar-refractivity contribution in [1.29, 1.82) is 0 Å². The lowest BCUT2D eigenvalue weighted by atomic mass is 10.1. The molecule has 0 fully saturated rings. The van der Waals surface area contributed by atoms with E-state index >= 15 is 0 Å². The fourth-order valence-corrected chi connectivity index (χ4v) is 2.34. The molecule has 20 heavy (non-hydrogen) atoms. The molecule has 0 aromatic heterocycles. The summed E-state index contributed by atoms with van der Waals surface area (Å²) in [6, 6.07) is 10.0. The second-order valence-corrected chi connectivity index (χ2v) is 5.42. The topological polar surface area (TPSA) is 64.3 Å². The van der Waals surface area contributed by atoms with Crippen LogP contribution in [-0.4, -0.2) is 13.0 Å². The number of methoxy groups -OCH3 is 1. The van der Waals surface area contributed by atoms with Gasteiger partial charge in [-0.15, -0.1) is 0 Å². The van der Waals surface area contributed by atoms with Crippen molar-refractivity contribution >= 4 is 44.8 Å². The van der Waals surface area contributed by atoms with Crippen molar-refractivity contribution in [3.05, 3.63) is 51.5 Å². The zero-order valence-corrected chi connectivity index (χ0v) is 13.0. The fourth-order valence-electron chi connectivity index (χ4n) is 1.69. The molecule has 2 aromatic rings. The molecule has 1 amide bonds. The quantitative estimate of drug-likeness (QED) is 0.820. The van der Waals surface area contributed by atoms with Crippen molar-refractivity contribution in [2.75, 3.05) is 18.2 Å². The Bertz CT molecular complexity index is 662. The van der Waals surface area contributed by atoms with Gasteiger partial charge in [-0.1, -0.05) is 27.5 Å². The van der Waals surface area contributed by atoms with E-state index in [1.54, 1.807) is 37.4 Å². The molecule has 0 aliphatic heterocycles. The van der Waals surface area contributed by atoms with E-state index in [2.05, 4.69) is 21.2 Å². The summed E-state index contributed by atoms with van der Waals surface area (Å²) in [5.41, 5.74) is 7.09. The van der Waals surface area contributed by atoms with E-state index in [0.29, 0.717) is 27.7 Å². The Hall–Kier alpha value is -1.72. The minimum atomic E-state index is -0.306. The Morgan fingerprint density at radius 3 is 2.70 bits per heavy atom. The highest BCUT2D eigenvalue weighted by molar-refractivity contribution is 9.10. The van der Waals surface area contributed by atoms with Crippen LogP contribution in [0.4, 0.5) is 11.4 Å². The number of hydrogen-bond donors (Lipinski definition) is 2. The SMILES string of the molecule is COc1cc(Br)cc(NC(=O)c2ccc(Cl)cc2N)c1. The van der Waals surface area contributed by atoms with Crippen molar-refractivity contribution in [1.82, 2.24) is 0 Å². The second kappa shape index (κ2) is 6.15. The lowest BCUT2D eigenvalue weighted by Gasteiger charge is -2.10. The minimum Gasteiger partial charge on any atom is -0.497 e. The predicted molar refractivity (Wildman–Crippen MR) is 84.5 cm³/mol. The number of halogens is 2. The largest absolute Gasteiger partial charge is 0.497 e. The molecular weight excluding hydrogens is 344 g/mol. The van der Waals surface area contributed by atoms with Gasteiger partial charge in [-0.05, 0) is 30.3 Å². The Balaban J connectivity index is 2.25. The van der Waals surface area contributed by atoms with E-state index in [-0.39, 0.29) is 5.91 Å². The first-order valence-corrected chi connectivity index (χ1v) is 6.87. The highest BCUT2D eigenvalue weighted by Gasteiger charge is 2.11. The van der Waals surface area contributed by atoms with Crippen LogP contribution < -0.4 is 15.8 Å². The van der Waals surface area contributed by atoms with Crippen molar-refractivity contribution in [2.24, 2.45) is 0 Å². The van der Waals surface area contributed by atoms with Gasteiger partial charge in [0.05, 0.1) is 12.7 Å². The molecule has 0 spiro atoms. The van der Waals surface area contributed by atoms with Gasteiger partial charge >= 0.3 is 0 Å². The number of hydrogen-bond acceptors (Lipinski definition) is 3. The number of nitrogens with one attached hydrogen (secondary N) is 1. The number of ether oxygens (including phenoxy) is 1. The van der Waals surface area contributed by atoms with Gasteiger partial charge in [0.25, 0.3) is 5.91 Å². The number of carbonyl (C=O) groups is 1. The zero-order valence-electron chi connectivity index (χ0n) is 10.6. The third-order valence-corrected chi connectivity index (χ3v) is 3.32. The number of nitrogen functional groups attached to an aromatic ring is 1. The number of anilines is 2.